The van der Waals surface area contributed by atoms with E-state index in [9.17, 15) is 18.0 Å². The predicted molar refractivity (Wildman–Crippen MR) is 142 cm³/mol. The zero-order chi connectivity index (χ0) is 26.7. The monoisotopic (exact) mass is 523 g/mol. The number of hydrogen-bond acceptors (Lipinski definition) is 5. The summed E-state index contributed by atoms with van der Waals surface area (Å²) in [7, 11) is 0. The summed E-state index contributed by atoms with van der Waals surface area (Å²) in [6.07, 6.45) is 4.85. The van der Waals surface area contributed by atoms with Gasteiger partial charge in [-0.25, -0.2) is 9.97 Å². The molecule has 38 heavy (non-hydrogen) atoms. The molecule has 200 valence electrons. The van der Waals surface area contributed by atoms with Crippen LogP contribution < -0.4 is 15.5 Å². The second kappa shape index (κ2) is 11.0. The molecule has 2 fully saturated rings. The van der Waals surface area contributed by atoms with Gasteiger partial charge in [-0.2, -0.15) is 13.2 Å². The number of benzene rings is 2. The minimum atomic E-state index is -4.49. The number of hydrogen-bond donors (Lipinski definition) is 2. The van der Waals surface area contributed by atoms with Crippen LogP contribution in [0.15, 0.2) is 61.1 Å². The highest BCUT2D eigenvalue weighted by Gasteiger charge is 2.38. The molecule has 1 aromatic heterocycles. The molecule has 1 amide bonds. The Morgan fingerprint density at radius 2 is 1.71 bits per heavy atom. The fraction of sp³-hybridized carbons (Fsp3) is 0.414. The van der Waals surface area contributed by atoms with Gasteiger partial charge in [-0.1, -0.05) is 31.0 Å². The van der Waals surface area contributed by atoms with Crippen molar-refractivity contribution in [1.29, 1.82) is 0 Å². The number of piperidine rings is 1. The van der Waals surface area contributed by atoms with E-state index in [1.807, 2.05) is 30.3 Å². The van der Waals surface area contributed by atoms with E-state index in [1.165, 1.54) is 51.1 Å². The number of aromatic nitrogens is 2. The lowest BCUT2D eigenvalue weighted by Gasteiger charge is -2.41. The average Bonchev–Trinajstić information content (AvgIpc) is 3.43. The van der Waals surface area contributed by atoms with Gasteiger partial charge < -0.3 is 15.5 Å². The van der Waals surface area contributed by atoms with E-state index < -0.39 is 17.7 Å². The topological polar surface area (TPSA) is 70.2 Å². The van der Waals surface area contributed by atoms with Gasteiger partial charge in [-0.15, -0.1) is 0 Å². The molecule has 0 radical (unpaired) electrons. The summed E-state index contributed by atoms with van der Waals surface area (Å²) in [6.45, 7) is 2.12. The second-order valence-electron chi connectivity index (χ2n) is 10.2. The van der Waals surface area contributed by atoms with Crippen LogP contribution in [0.1, 0.15) is 61.3 Å². The fourth-order valence-electron chi connectivity index (χ4n) is 5.72. The Morgan fingerprint density at radius 1 is 0.974 bits per heavy atom. The normalized spacial score (nSPS) is 20.4. The van der Waals surface area contributed by atoms with E-state index in [-0.39, 0.29) is 23.2 Å². The van der Waals surface area contributed by atoms with Gasteiger partial charge >= 0.3 is 6.18 Å². The zero-order valence-corrected chi connectivity index (χ0v) is 21.3. The maximum absolute atomic E-state index is 13.6. The molecular formula is C29H32F3N5O. The first-order chi connectivity index (χ1) is 18.3. The van der Waals surface area contributed by atoms with Crippen molar-refractivity contribution in [3.8, 4) is 0 Å². The molecular weight excluding hydrogens is 491 g/mol. The molecule has 0 spiro atoms. The summed E-state index contributed by atoms with van der Waals surface area (Å²) < 4.78 is 40.4. The van der Waals surface area contributed by atoms with Crippen LogP contribution in [0, 0.1) is 12.8 Å². The van der Waals surface area contributed by atoms with E-state index in [2.05, 4.69) is 25.5 Å². The predicted octanol–water partition coefficient (Wildman–Crippen LogP) is 6.75. The summed E-state index contributed by atoms with van der Waals surface area (Å²) in [5, 5.41) is 6.37. The largest absolute Gasteiger partial charge is 0.416 e. The van der Waals surface area contributed by atoms with Crippen LogP contribution >= 0.6 is 0 Å². The third kappa shape index (κ3) is 5.76. The van der Waals surface area contributed by atoms with Gasteiger partial charge in [-0.05, 0) is 74.1 Å². The number of rotatable bonds is 6. The van der Waals surface area contributed by atoms with Crippen LogP contribution in [0.3, 0.4) is 0 Å². The number of aryl methyl sites for hydroxylation is 1. The summed E-state index contributed by atoms with van der Waals surface area (Å²) in [5.74, 6) is -0.0766. The van der Waals surface area contributed by atoms with Crippen LogP contribution in [-0.4, -0.2) is 28.5 Å². The number of anilines is 3. The Balaban J connectivity index is 1.43. The van der Waals surface area contributed by atoms with Crippen molar-refractivity contribution >= 4 is 23.1 Å². The van der Waals surface area contributed by atoms with Crippen LogP contribution in [0.2, 0.25) is 0 Å². The van der Waals surface area contributed by atoms with Gasteiger partial charge in [0.15, 0.2) is 0 Å². The van der Waals surface area contributed by atoms with E-state index in [0.29, 0.717) is 24.8 Å². The summed E-state index contributed by atoms with van der Waals surface area (Å²) in [4.78, 5) is 24.2. The zero-order valence-electron chi connectivity index (χ0n) is 21.3. The second-order valence-corrected chi connectivity index (χ2v) is 10.2. The van der Waals surface area contributed by atoms with Crippen LogP contribution in [0.25, 0.3) is 0 Å². The lowest BCUT2D eigenvalue weighted by atomic mass is 9.83. The molecule has 1 aliphatic carbocycles. The van der Waals surface area contributed by atoms with E-state index >= 15 is 0 Å². The molecule has 2 aliphatic rings. The van der Waals surface area contributed by atoms with Crippen molar-refractivity contribution in [3.05, 3.63) is 77.7 Å². The molecule has 2 aromatic carbocycles. The van der Waals surface area contributed by atoms with Crippen molar-refractivity contribution in [1.82, 2.24) is 9.97 Å². The number of nitrogens with zero attached hydrogens (tertiary/aromatic N) is 3. The quantitative estimate of drug-likeness (QED) is 0.374. The number of amides is 1. The third-order valence-corrected chi connectivity index (χ3v) is 7.62. The molecule has 1 saturated heterocycles. The Kier molecular flexibility index (Phi) is 7.53. The van der Waals surface area contributed by atoms with Crippen LogP contribution in [-0.2, 0) is 11.0 Å². The van der Waals surface area contributed by atoms with Crippen LogP contribution in [0.4, 0.5) is 30.4 Å². The highest BCUT2D eigenvalue weighted by Crippen LogP contribution is 2.40. The summed E-state index contributed by atoms with van der Waals surface area (Å²) in [6, 6.07) is 14.1. The molecule has 2 N–H and O–H groups in total. The molecule has 0 unspecified atom stereocenters. The SMILES string of the molecule is Cc1ccc(NC(=O)[C@H]2CCCN(c3ccncn3)[C@H]2c2ccc(NC3CCCC3)cc2)cc1C(F)(F)F. The van der Waals surface area contributed by atoms with Gasteiger partial charge in [0.2, 0.25) is 5.91 Å². The molecule has 1 saturated carbocycles. The smallest absolute Gasteiger partial charge is 0.382 e. The first kappa shape index (κ1) is 26.0. The minimum absolute atomic E-state index is 0.118. The number of halogens is 3. The number of alkyl halides is 3. The van der Waals surface area contributed by atoms with Gasteiger partial charge in [0, 0.05) is 30.2 Å². The van der Waals surface area contributed by atoms with Crippen molar-refractivity contribution < 1.29 is 18.0 Å². The standard InChI is InChI=1S/C29H32F3N5O/c1-19-8-11-23(17-25(19)29(30,31)32)36-28(38)24-7-4-16-37(26-14-15-33-18-34-26)27(24)20-9-12-22(13-10-20)35-21-5-2-3-6-21/h8-15,17-18,21,24,27,35H,2-7,16H2,1H3,(H,36,38)/t24-,27-/m0/s1. The van der Waals surface area contributed by atoms with Crippen molar-refractivity contribution in [2.75, 3.05) is 22.1 Å². The van der Waals surface area contributed by atoms with Gasteiger partial charge in [0.1, 0.15) is 12.1 Å². The Bertz CT molecular complexity index is 1240. The molecule has 9 heteroatoms. The Morgan fingerprint density at radius 3 is 2.39 bits per heavy atom. The number of carbonyl (C=O) groups is 1. The molecule has 6 nitrogen and oxygen atoms in total. The fourth-order valence-corrected chi connectivity index (χ4v) is 5.72. The molecule has 5 rings (SSSR count). The summed E-state index contributed by atoms with van der Waals surface area (Å²) in [5.41, 5.74) is 1.52. The molecule has 1 aliphatic heterocycles. The summed E-state index contributed by atoms with van der Waals surface area (Å²) >= 11 is 0. The van der Waals surface area contributed by atoms with Gasteiger partial charge in [-0.3, -0.25) is 4.79 Å². The van der Waals surface area contributed by atoms with Gasteiger partial charge in [0.25, 0.3) is 0 Å². The number of carbonyl (C=O) groups excluding carboxylic acids is 1. The third-order valence-electron chi connectivity index (χ3n) is 7.62. The molecule has 2 heterocycles. The van der Waals surface area contributed by atoms with E-state index in [0.717, 1.165) is 23.7 Å². The molecule has 2 atom stereocenters. The Labute approximate surface area is 220 Å². The van der Waals surface area contributed by atoms with E-state index in [1.54, 1.807) is 6.20 Å². The molecule has 3 aromatic rings. The lowest BCUT2D eigenvalue weighted by Crippen LogP contribution is -2.44. The van der Waals surface area contributed by atoms with Gasteiger partial charge in [0.05, 0.1) is 17.5 Å². The molecule has 0 bridgehead atoms. The maximum Gasteiger partial charge on any atom is 0.416 e. The maximum atomic E-state index is 13.6. The highest BCUT2D eigenvalue weighted by molar-refractivity contribution is 5.93. The van der Waals surface area contributed by atoms with Crippen molar-refractivity contribution in [3.63, 3.8) is 0 Å². The van der Waals surface area contributed by atoms with Crippen LogP contribution in [0.5, 0.6) is 0 Å². The lowest BCUT2D eigenvalue weighted by molar-refractivity contribution is -0.138. The van der Waals surface area contributed by atoms with Crippen molar-refractivity contribution in [2.45, 2.75) is 63.7 Å². The highest BCUT2D eigenvalue weighted by atomic mass is 19.4. The number of nitrogens with one attached hydrogen (secondary N) is 2. The first-order valence-corrected chi connectivity index (χ1v) is 13.2. The van der Waals surface area contributed by atoms with Crippen molar-refractivity contribution in [2.24, 2.45) is 5.92 Å². The Hall–Kier alpha value is -3.62. The minimum Gasteiger partial charge on any atom is -0.382 e. The average molecular weight is 524 g/mol. The van der Waals surface area contributed by atoms with E-state index in [4.69, 9.17) is 0 Å². The first-order valence-electron chi connectivity index (χ1n) is 13.2.